The van der Waals surface area contributed by atoms with E-state index in [-0.39, 0.29) is 22.4 Å². The zero-order valence-corrected chi connectivity index (χ0v) is 11.2. The molecule has 0 saturated carbocycles. The van der Waals surface area contributed by atoms with Crippen molar-refractivity contribution >= 4 is 26.5 Å². The van der Waals surface area contributed by atoms with E-state index in [4.69, 9.17) is 5.73 Å². The van der Waals surface area contributed by atoms with Gasteiger partial charge in [-0.25, -0.2) is 13.1 Å². The van der Waals surface area contributed by atoms with E-state index in [9.17, 15) is 12.6 Å². The highest BCUT2D eigenvalue weighted by Gasteiger charge is 2.19. The van der Waals surface area contributed by atoms with Gasteiger partial charge in [0.15, 0.2) is 0 Å². The van der Waals surface area contributed by atoms with Gasteiger partial charge in [0.05, 0.1) is 5.69 Å². The molecule has 1 aromatic rings. The van der Waals surface area contributed by atoms with Crippen LogP contribution in [0.3, 0.4) is 0 Å². The van der Waals surface area contributed by atoms with E-state index < -0.39 is 20.8 Å². The first-order valence-electron chi connectivity index (χ1n) is 4.86. The maximum atomic E-state index is 11.8. The lowest BCUT2D eigenvalue weighted by Gasteiger charge is -2.11. The molecule has 0 fully saturated rings. The monoisotopic (exact) mass is 277 g/mol. The van der Waals surface area contributed by atoms with E-state index in [1.165, 1.54) is 24.7 Å². The Balaban J connectivity index is 2.84. The molecule has 8 heteroatoms. The number of anilines is 1. The number of nitrogens with zero attached hydrogens (tertiary/aromatic N) is 1. The van der Waals surface area contributed by atoms with E-state index in [2.05, 4.69) is 9.71 Å². The van der Waals surface area contributed by atoms with Crippen LogP contribution in [0.2, 0.25) is 0 Å². The number of sulfonamides is 1. The summed E-state index contributed by atoms with van der Waals surface area (Å²) in [6, 6.07) is 1.41. The molecule has 0 aromatic carbocycles. The third-order valence-corrected chi connectivity index (χ3v) is 5.00. The quantitative estimate of drug-likeness (QED) is 0.770. The van der Waals surface area contributed by atoms with Crippen molar-refractivity contribution in [1.82, 2.24) is 9.71 Å². The summed E-state index contributed by atoms with van der Waals surface area (Å²) in [4.78, 5) is 3.65. The average Bonchev–Trinajstić information content (AvgIpc) is 2.26. The van der Waals surface area contributed by atoms with Crippen LogP contribution in [0, 0.1) is 0 Å². The normalized spacial score (nSPS) is 15.4. The maximum Gasteiger partial charge on any atom is 0.244 e. The molecular weight excluding hydrogens is 262 g/mol. The van der Waals surface area contributed by atoms with Crippen molar-refractivity contribution in [3.8, 4) is 0 Å². The number of hydrogen-bond acceptors (Lipinski definition) is 5. The van der Waals surface area contributed by atoms with E-state index in [0.29, 0.717) is 0 Å². The lowest BCUT2D eigenvalue weighted by molar-refractivity contribution is 0.580. The smallest absolute Gasteiger partial charge is 0.244 e. The van der Waals surface area contributed by atoms with Gasteiger partial charge in [-0.1, -0.05) is 0 Å². The standard InChI is InChI=1S/C9H15N3O3S2/c1-7(16(2)13)5-12-17(14,15)9-6-11-4-3-8(9)10/h3-4,6-7,12H,5H2,1-2H3,(H2,10,11). The highest BCUT2D eigenvalue weighted by molar-refractivity contribution is 7.89. The van der Waals surface area contributed by atoms with Crippen LogP contribution in [0.15, 0.2) is 23.4 Å². The van der Waals surface area contributed by atoms with Crippen LogP contribution in [0.4, 0.5) is 5.69 Å². The van der Waals surface area contributed by atoms with Gasteiger partial charge in [0.1, 0.15) is 4.90 Å². The highest BCUT2D eigenvalue weighted by atomic mass is 32.2. The van der Waals surface area contributed by atoms with Crippen molar-refractivity contribution in [3.63, 3.8) is 0 Å². The largest absolute Gasteiger partial charge is 0.398 e. The van der Waals surface area contributed by atoms with Crippen molar-refractivity contribution in [2.24, 2.45) is 0 Å². The van der Waals surface area contributed by atoms with Gasteiger partial charge in [0.25, 0.3) is 0 Å². The highest BCUT2D eigenvalue weighted by Crippen LogP contribution is 2.15. The minimum absolute atomic E-state index is 0.0610. The second kappa shape index (κ2) is 5.56. The maximum absolute atomic E-state index is 11.8. The molecule has 1 heterocycles. The Labute approximate surface area is 103 Å². The molecule has 1 aromatic heterocycles. The molecule has 0 aliphatic heterocycles. The van der Waals surface area contributed by atoms with Crippen molar-refractivity contribution in [2.75, 3.05) is 18.5 Å². The predicted octanol–water partition coefficient (Wildman–Crippen LogP) is -0.291. The van der Waals surface area contributed by atoms with Crippen molar-refractivity contribution in [3.05, 3.63) is 18.5 Å². The molecule has 3 N–H and O–H groups in total. The van der Waals surface area contributed by atoms with Gasteiger partial charge in [-0.3, -0.25) is 9.19 Å². The first kappa shape index (κ1) is 14.1. The van der Waals surface area contributed by atoms with Crippen LogP contribution in [-0.4, -0.2) is 35.7 Å². The summed E-state index contributed by atoms with van der Waals surface area (Å²) in [5, 5.41) is -0.261. The van der Waals surface area contributed by atoms with E-state index in [1.54, 1.807) is 6.92 Å². The molecule has 1 rings (SSSR count). The average molecular weight is 277 g/mol. The molecule has 0 spiro atoms. The van der Waals surface area contributed by atoms with Crippen LogP contribution >= 0.6 is 0 Å². The Morgan fingerprint density at radius 3 is 2.76 bits per heavy atom. The Bertz CT molecular complexity index is 516. The molecule has 0 radical (unpaired) electrons. The lowest BCUT2D eigenvalue weighted by Crippen LogP contribution is -2.33. The van der Waals surface area contributed by atoms with Crippen LogP contribution in [0.5, 0.6) is 0 Å². The summed E-state index contributed by atoms with van der Waals surface area (Å²) in [5.41, 5.74) is 5.69. The lowest BCUT2D eigenvalue weighted by atomic mass is 10.4. The second-order valence-electron chi connectivity index (χ2n) is 3.57. The Morgan fingerprint density at radius 1 is 1.59 bits per heavy atom. The number of aromatic nitrogens is 1. The SMILES string of the molecule is CC(CNS(=O)(=O)c1cnccc1N)S(C)=O. The molecule has 2 atom stereocenters. The minimum Gasteiger partial charge on any atom is -0.398 e. The molecule has 96 valence electrons. The van der Waals surface area contributed by atoms with Crippen LogP contribution in [0.1, 0.15) is 6.92 Å². The first-order chi connectivity index (χ1) is 7.84. The third-order valence-electron chi connectivity index (χ3n) is 2.23. The summed E-state index contributed by atoms with van der Waals surface area (Å²) in [5.74, 6) is 0. The molecule has 17 heavy (non-hydrogen) atoms. The fourth-order valence-electron chi connectivity index (χ4n) is 1.04. The molecular formula is C9H15N3O3S2. The summed E-state index contributed by atoms with van der Waals surface area (Å²) in [6.45, 7) is 1.80. The van der Waals surface area contributed by atoms with E-state index in [1.807, 2.05) is 0 Å². The van der Waals surface area contributed by atoms with Gasteiger partial charge in [-0.15, -0.1) is 0 Å². The molecule has 6 nitrogen and oxygen atoms in total. The van der Waals surface area contributed by atoms with Crippen molar-refractivity contribution in [1.29, 1.82) is 0 Å². The van der Waals surface area contributed by atoms with Gasteiger partial charge in [-0.05, 0) is 13.0 Å². The summed E-state index contributed by atoms with van der Waals surface area (Å²) >= 11 is 0. The Kier molecular flexibility index (Phi) is 4.61. The summed E-state index contributed by atoms with van der Waals surface area (Å²) in [6.07, 6.45) is 4.13. The van der Waals surface area contributed by atoms with Crippen LogP contribution in [0.25, 0.3) is 0 Å². The number of nitrogen functional groups attached to an aromatic ring is 1. The number of nitrogens with one attached hydrogen (secondary N) is 1. The Morgan fingerprint density at radius 2 is 2.24 bits per heavy atom. The summed E-state index contributed by atoms with van der Waals surface area (Å²) < 4.78 is 37.2. The molecule has 0 saturated heterocycles. The van der Waals surface area contributed by atoms with E-state index in [0.717, 1.165) is 0 Å². The molecule has 0 bridgehead atoms. The van der Waals surface area contributed by atoms with E-state index >= 15 is 0 Å². The first-order valence-corrected chi connectivity index (χ1v) is 7.96. The molecule has 2 unspecified atom stereocenters. The van der Waals surface area contributed by atoms with Crippen molar-refractivity contribution in [2.45, 2.75) is 17.1 Å². The molecule has 0 aliphatic carbocycles. The van der Waals surface area contributed by atoms with Gasteiger partial charge in [-0.2, -0.15) is 0 Å². The molecule has 0 aliphatic rings. The van der Waals surface area contributed by atoms with Crippen LogP contribution < -0.4 is 10.5 Å². The zero-order chi connectivity index (χ0) is 13.1. The summed E-state index contributed by atoms with van der Waals surface area (Å²) in [7, 11) is -4.77. The minimum atomic E-state index is -3.69. The van der Waals surface area contributed by atoms with Gasteiger partial charge >= 0.3 is 0 Å². The number of rotatable bonds is 5. The number of nitrogens with two attached hydrogens (primary N) is 1. The Hall–Kier alpha value is -0.990. The van der Waals surface area contributed by atoms with Crippen LogP contribution in [-0.2, 0) is 20.8 Å². The van der Waals surface area contributed by atoms with Gasteiger partial charge in [0, 0.05) is 41.2 Å². The zero-order valence-electron chi connectivity index (χ0n) is 9.58. The van der Waals surface area contributed by atoms with Gasteiger partial charge < -0.3 is 5.73 Å². The fourth-order valence-corrected chi connectivity index (χ4v) is 2.66. The fraction of sp³-hybridized carbons (Fsp3) is 0.444. The third kappa shape index (κ3) is 3.76. The number of pyridine rings is 1. The predicted molar refractivity (Wildman–Crippen MR) is 67.4 cm³/mol. The van der Waals surface area contributed by atoms with Gasteiger partial charge in [0.2, 0.25) is 10.0 Å². The molecule has 0 amide bonds. The topological polar surface area (TPSA) is 102 Å². The van der Waals surface area contributed by atoms with Crippen molar-refractivity contribution < 1.29 is 12.6 Å². The second-order valence-corrected chi connectivity index (χ2v) is 7.11. The number of hydrogen-bond donors (Lipinski definition) is 2.